The maximum atomic E-state index is 11.6. The average Bonchev–Trinajstić information content (AvgIpc) is 2.36. The summed E-state index contributed by atoms with van der Waals surface area (Å²) in [7, 11) is 0. The van der Waals surface area contributed by atoms with E-state index in [4.69, 9.17) is 4.74 Å². The largest absolute Gasteiger partial charge is 0.444 e. The van der Waals surface area contributed by atoms with Gasteiger partial charge in [-0.3, -0.25) is 0 Å². The van der Waals surface area contributed by atoms with E-state index in [0.29, 0.717) is 12.5 Å². The van der Waals surface area contributed by atoms with Crippen molar-refractivity contribution in [3.05, 3.63) is 35.4 Å². The van der Waals surface area contributed by atoms with Crippen LogP contribution >= 0.6 is 0 Å². The summed E-state index contributed by atoms with van der Waals surface area (Å²) in [5.41, 5.74) is 2.13. The Morgan fingerprint density at radius 2 is 1.73 bits per heavy atom. The molecule has 0 aromatic heterocycles. The molecule has 1 atom stereocenters. The van der Waals surface area contributed by atoms with Gasteiger partial charge in [-0.2, -0.15) is 0 Å². The van der Waals surface area contributed by atoms with Crippen LogP contribution in [0.4, 0.5) is 4.79 Å². The van der Waals surface area contributed by atoms with E-state index in [1.807, 2.05) is 27.7 Å². The van der Waals surface area contributed by atoms with Crippen molar-refractivity contribution >= 4 is 6.09 Å². The number of nitrogens with one attached hydrogen (secondary N) is 2. The number of hydrogen-bond donors (Lipinski definition) is 2. The summed E-state index contributed by atoms with van der Waals surface area (Å²) in [5, 5.41) is 6.17. The van der Waals surface area contributed by atoms with Crippen LogP contribution in [0.25, 0.3) is 0 Å². The van der Waals surface area contributed by atoms with Crippen molar-refractivity contribution in [3.63, 3.8) is 0 Å². The van der Waals surface area contributed by atoms with Crippen molar-refractivity contribution in [1.82, 2.24) is 10.6 Å². The van der Waals surface area contributed by atoms with Crippen LogP contribution in [0.2, 0.25) is 0 Å². The predicted molar refractivity (Wildman–Crippen MR) is 91.1 cm³/mol. The number of benzene rings is 1. The molecule has 4 nitrogen and oxygen atoms in total. The van der Waals surface area contributed by atoms with Gasteiger partial charge in [0.05, 0.1) is 0 Å². The smallest absolute Gasteiger partial charge is 0.407 e. The number of carbonyl (C=O) groups excluding carboxylic acids is 1. The van der Waals surface area contributed by atoms with E-state index >= 15 is 0 Å². The second-order valence-corrected chi connectivity index (χ2v) is 7.07. The van der Waals surface area contributed by atoms with Crippen molar-refractivity contribution in [3.8, 4) is 0 Å². The Kier molecular flexibility index (Phi) is 6.88. The molecule has 1 aromatic rings. The third kappa shape index (κ3) is 7.46. The molecule has 0 fully saturated rings. The first kappa shape index (κ1) is 18.5. The maximum absolute atomic E-state index is 11.6. The standard InChI is InChI=1S/C18H30N2O2/c1-13(2)16-9-7-15(8-10-16)12-19-11-14(3)20-17(21)22-18(4,5)6/h7-10,13-14,19H,11-12H2,1-6H3,(H,20,21). The average molecular weight is 306 g/mol. The van der Waals surface area contributed by atoms with Crippen molar-refractivity contribution in [1.29, 1.82) is 0 Å². The monoisotopic (exact) mass is 306 g/mol. The third-order valence-corrected chi connectivity index (χ3v) is 3.19. The summed E-state index contributed by atoms with van der Waals surface area (Å²) in [6.45, 7) is 13.4. The molecule has 0 saturated heterocycles. The summed E-state index contributed by atoms with van der Waals surface area (Å²) in [6, 6.07) is 8.65. The highest BCUT2D eigenvalue weighted by Gasteiger charge is 2.17. The summed E-state index contributed by atoms with van der Waals surface area (Å²) in [4.78, 5) is 11.6. The molecule has 0 aliphatic rings. The molecule has 0 spiro atoms. The number of hydrogen-bond acceptors (Lipinski definition) is 3. The molecule has 0 heterocycles. The number of carbonyl (C=O) groups is 1. The Labute approximate surface area is 134 Å². The highest BCUT2D eigenvalue weighted by Crippen LogP contribution is 2.14. The van der Waals surface area contributed by atoms with Crippen LogP contribution in [-0.4, -0.2) is 24.3 Å². The molecule has 0 bridgehead atoms. The highest BCUT2D eigenvalue weighted by atomic mass is 16.6. The molecule has 0 aliphatic heterocycles. The molecule has 0 aliphatic carbocycles. The summed E-state index contributed by atoms with van der Waals surface area (Å²) >= 11 is 0. The molecule has 4 heteroatoms. The van der Waals surface area contributed by atoms with E-state index in [9.17, 15) is 4.79 Å². The lowest BCUT2D eigenvalue weighted by atomic mass is 10.0. The van der Waals surface area contributed by atoms with E-state index in [1.165, 1.54) is 11.1 Å². The molecule has 2 N–H and O–H groups in total. The van der Waals surface area contributed by atoms with Gasteiger partial charge in [0.2, 0.25) is 0 Å². The van der Waals surface area contributed by atoms with Crippen LogP contribution in [-0.2, 0) is 11.3 Å². The summed E-state index contributed by atoms with van der Waals surface area (Å²) in [6.07, 6.45) is -0.372. The van der Waals surface area contributed by atoms with Gasteiger partial charge in [0, 0.05) is 19.1 Å². The Hall–Kier alpha value is -1.55. The fourth-order valence-corrected chi connectivity index (χ4v) is 2.01. The second-order valence-electron chi connectivity index (χ2n) is 7.07. The van der Waals surface area contributed by atoms with E-state index in [2.05, 4.69) is 48.7 Å². The van der Waals surface area contributed by atoms with E-state index in [-0.39, 0.29) is 12.1 Å². The highest BCUT2D eigenvalue weighted by molar-refractivity contribution is 5.68. The maximum Gasteiger partial charge on any atom is 0.407 e. The number of rotatable bonds is 6. The van der Waals surface area contributed by atoms with Gasteiger partial charge in [0.1, 0.15) is 5.60 Å². The first-order chi connectivity index (χ1) is 10.2. The van der Waals surface area contributed by atoms with Crippen molar-refractivity contribution in [2.75, 3.05) is 6.54 Å². The van der Waals surface area contributed by atoms with Crippen LogP contribution in [0.3, 0.4) is 0 Å². The molecule has 0 saturated carbocycles. The van der Waals surface area contributed by atoms with E-state index in [1.54, 1.807) is 0 Å². The lowest BCUT2D eigenvalue weighted by molar-refractivity contribution is 0.0508. The predicted octanol–water partition coefficient (Wildman–Crippen LogP) is 3.81. The second kappa shape index (κ2) is 8.18. The van der Waals surface area contributed by atoms with Crippen LogP contribution in [0.15, 0.2) is 24.3 Å². The Balaban J connectivity index is 2.30. The molecule has 1 rings (SSSR count). The lowest BCUT2D eigenvalue weighted by Gasteiger charge is -2.22. The quantitative estimate of drug-likeness (QED) is 0.840. The molecular formula is C18H30N2O2. The minimum Gasteiger partial charge on any atom is -0.444 e. The van der Waals surface area contributed by atoms with Crippen LogP contribution in [0.5, 0.6) is 0 Å². The lowest BCUT2D eigenvalue weighted by Crippen LogP contribution is -2.42. The van der Waals surface area contributed by atoms with E-state index < -0.39 is 5.60 Å². The molecule has 22 heavy (non-hydrogen) atoms. The molecule has 0 radical (unpaired) electrons. The Morgan fingerprint density at radius 3 is 2.23 bits per heavy atom. The normalized spacial score (nSPS) is 13.0. The number of amides is 1. The zero-order chi connectivity index (χ0) is 16.8. The SMILES string of the molecule is CC(CNCc1ccc(C(C)C)cc1)NC(=O)OC(C)(C)C. The zero-order valence-electron chi connectivity index (χ0n) is 14.7. The number of alkyl carbamates (subject to hydrolysis) is 1. The van der Waals surface area contributed by atoms with Crippen molar-refractivity contribution in [2.24, 2.45) is 0 Å². The molecular weight excluding hydrogens is 276 g/mol. The van der Waals surface area contributed by atoms with Crippen LogP contribution < -0.4 is 10.6 Å². The topological polar surface area (TPSA) is 50.4 Å². The minimum absolute atomic E-state index is 0.0183. The van der Waals surface area contributed by atoms with Gasteiger partial charge in [-0.25, -0.2) is 4.79 Å². The minimum atomic E-state index is -0.463. The van der Waals surface area contributed by atoms with Gasteiger partial charge in [-0.15, -0.1) is 0 Å². The molecule has 1 aromatic carbocycles. The fraction of sp³-hybridized carbons (Fsp3) is 0.611. The van der Waals surface area contributed by atoms with Gasteiger partial charge in [-0.1, -0.05) is 38.1 Å². The van der Waals surface area contributed by atoms with E-state index in [0.717, 1.165) is 6.54 Å². The summed E-state index contributed by atoms with van der Waals surface area (Å²) < 4.78 is 5.23. The molecule has 1 unspecified atom stereocenters. The Morgan fingerprint density at radius 1 is 1.14 bits per heavy atom. The van der Waals surface area contributed by atoms with Gasteiger partial charge < -0.3 is 15.4 Å². The van der Waals surface area contributed by atoms with Gasteiger partial charge in [0.15, 0.2) is 0 Å². The zero-order valence-corrected chi connectivity index (χ0v) is 14.7. The van der Waals surface area contributed by atoms with Crippen LogP contribution in [0, 0.1) is 0 Å². The molecule has 124 valence electrons. The summed E-state index contributed by atoms with van der Waals surface area (Å²) in [5.74, 6) is 0.556. The number of ether oxygens (including phenoxy) is 1. The Bertz CT molecular complexity index is 461. The van der Waals surface area contributed by atoms with Crippen molar-refractivity contribution < 1.29 is 9.53 Å². The van der Waals surface area contributed by atoms with Gasteiger partial charge >= 0.3 is 6.09 Å². The van der Waals surface area contributed by atoms with Gasteiger partial charge in [-0.05, 0) is 44.7 Å². The van der Waals surface area contributed by atoms with Crippen LogP contribution in [0.1, 0.15) is 58.6 Å². The van der Waals surface area contributed by atoms with Gasteiger partial charge in [0.25, 0.3) is 0 Å². The molecule has 1 amide bonds. The first-order valence-corrected chi connectivity index (χ1v) is 7.96. The third-order valence-electron chi connectivity index (χ3n) is 3.19. The first-order valence-electron chi connectivity index (χ1n) is 7.96. The van der Waals surface area contributed by atoms with Crippen molar-refractivity contribution in [2.45, 2.75) is 65.6 Å². The fourth-order valence-electron chi connectivity index (χ4n) is 2.01.